The van der Waals surface area contributed by atoms with Crippen LogP contribution >= 0.6 is 0 Å². The van der Waals surface area contributed by atoms with Crippen molar-refractivity contribution >= 4 is 17.1 Å². The van der Waals surface area contributed by atoms with Gasteiger partial charge in [-0.1, -0.05) is 5.92 Å². The number of aliphatic hydroxyl groups excluding tert-OH is 1. The highest BCUT2D eigenvalue weighted by Gasteiger charge is 2.66. The zero-order chi connectivity index (χ0) is 17.0. The van der Waals surface area contributed by atoms with Crippen LogP contribution < -0.4 is 11.3 Å². The number of aliphatic hydroxyl groups is 2. The number of anilines is 1. The van der Waals surface area contributed by atoms with Crippen molar-refractivity contribution < 1.29 is 23.7 Å². The van der Waals surface area contributed by atoms with Gasteiger partial charge >= 0.3 is 0 Å². The molecular weight excluding hydrogens is 316 g/mol. The molecule has 1 unspecified atom stereocenters. The molecule has 1 aliphatic heterocycles. The molecule has 0 saturated carbocycles. The Labute approximate surface area is 126 Å². The first-order valence-corrected chi connectivity index (χ1v) is 6.31. The van der Waals surface area contributed by atoms with Gasteiger partial charge in [-0.05, 0) is 0 Å². The minimum Gasteiger partial charge on any atom is -0.390 e. The lowest BCUT2D eigenvalue weighted by molar-refractivity contribution is -0.195. The molecule has 1 fully saturated rings. The number of halogens is 2. The van der Waals surface area contributed by atoms with E-state index in [1.807, 2.05) is 0 Å². The molecule has 23 heavy (non-hydrogen) atoms. The van der Waals surface area contributed by atoms with Crippen molar-refractivity contribution in [3.8, 4) is 12.3 Å². The molecule has 0 radical (unpaired) electrons. The van der Waals surface area contributed by atoms with Crippen LogP contribution in [0.3, 0.4) is 0 Å². The maximum Gasteiger partial charge on any atom is 0.280 e. The van der Waals surface area contributed by atoms with Crippen molar-refractivity contribution in [2.75, 3.05) is 12.3 Å². The monoisotopic (exact) mass is 327 g/mol. The van der Waals surface area contributed by atoms with Crippen LogP contribution in [-0.2, 0) is 4.74 Å². The number of nitrogens with one attached hydrogen (secondary N) is 1. The van der Waals surface area contributed by atoms with Gasteiger partial charge in [0.1, 0.15) is 6.61 Å². The summed E-state index contributed by atoms with van der Waals surface area (Å²) in [6.45, 7) is -1.38. The average molecular weight is 327 g/mol. The molecule has 3 heterocycles. The Hall–Kier alpha value is -2.55. The summed E-state index contributed by atoms with van der Waals surface area (Å²) in [7, 11) is 0. The molecule has 0 aromatic carbocycles. The van der Waals surface area contributed by atoms with Crippen LogP contribution in [0.1, 0.15) is 6.23 Å². The van der Waals surface area contributed by atoms with Crippen LogP contribution in [0, 0.1) is 12.3 Å². The second-order valence-corrected chi connectivity index (χ2v) is 5.02. The number of nitrogen functional groups attached to an aromatic ring is 1. The summed E-state index contributed by atoms with van der Waals surface area (Å²) in [6.07, 6.45) is 1.52. The number of nitrogens with two attached hydrogens (primary N) is 1. The number of terminal acetylenes is 1. The van der Waals surface area contributed by atoms with Crippen molar-refractivity contribution in [1.29, 1.82) is 0 Å². The van der Waals surface area contributed by atoms with Crippen LogP contribution in [0.5, 0.6) is 0 Å². The molecule has 2 aromatic rings. The van der Waals surface area contributed by atoms with Crippen LogP contribution in [0.2, 0.25) is 0 Å². The summed E-state index contributed by atoms with van der Waals surface area (Å²) in [6, 6.07) is 0. The standard InChI is InChI=1S/C12H11F2N5O4/c1-2-11(22)8(13)12(14,3-20)23-9(11)19-4-16-5-6(19)17-10(15)18-7(5)21/h1,4,8-9,20,22H,3H2,(H3,15,17,18,21)/t8?,9-,11-,12-/m1/s1. The Morgan fingerprint density at radius 3 is 2.96 bits per heavy atom. The average Bonchev–Trinajstić information content (AvgIpc) is 3.01. The Kier molecular flexibility index (Phi) is 3.15. The molecule has 11 heteroatoms. The number of fused-ring (bicyclic) bond motifs is 1. The minimum absolute atomic E-state index is 0.195. The van der Waals surface area contributed by atoms with Gasteiger partial charge < -0.3 is 20.7 Å². The fraction of sp³-hybridized carbons (Fsp3) is 0.417. The normalized spacial score (nSPS) is 33.9. The zero-order valence-corrected chi connectivity index (χ0v) is 11.4. The lowest BCUT2D eigenvalue weighted by Gasteiger charge is -2.24. The molecule has 122 valence electrons. The Bertz CT molecular complexity index is 876. The maximum absolute atomic E-state index is 14.3. The van der Waals surface area contributed by atoms with Gasteiger partial charge in [0.2, 0.25) is 17.7 Å². The van der Waals surface area contributed by atoms with Crippen LogP contribution in [-0.4, -0.2) is 54.0 Å². The number of H-pyrrole nitrogens is 1. The zero-order valence-electron chi connectivity index (χ0n) is 11.4. The summed E-state index contributed by atoms with van der Waals surface area (Å²) in [5.74, 6) is -1.78. The molecule has 0 spiro atoms. The Morgan fingerprint density at radius 2 is 2.35 bits per heavy atom. The SMILES string of the molecule is C#C[C@@]1(O)C(F)[C@@](F)(CO)O[C@H]1n1cnc2c(=O)[nH]c(N)nc21. The Morgan fingerprint density at radius 1 is 1.65 bits per heavy atom. The van der Waals surface area contributed by atoms with E-state index < -0.39 is 36.0 Å². The summed E-state index contributed by atoms with van der Waals surface area (Å²) >= 11 is 0. The fourth-order valence-electron chi connectivity index (χ4n) is 2.43. The third-order valence-electron chi connectivity index (χ3n) is 3.60. The molecular formula is C12H11F2N5O4. The second-order valence-electron chi connectivity index (χ2n) is 5.02. The van der Waals surface area contributed by atoms with Crippen molar-refractivity contribution in [2.24, 2.45) is 0 Å². The first kappa shape index (κ1) is 15.3. The number of ether oxygens (including phenoxy) is 1. The number of hydrogen-bond acceptors (Lipinski definition) is 7. The van der Waals surface area contributed by atoms with E-state index in [-0.39, 0.29) is 17.1 Å². The highest BCUT2D eigenvalue weighted by molar-refractivity contribution is 5.70. The molecule has 9 nitrogen and oxygen atoms in total. The lowest BCUT2D eigenvalue weighted by Crippen LogP contribution is -2.47. The number of rotatable bonds is 2. The molecule has 0 bridgehead atoms. The van der Waals surface area contributed by atoms with E-state index in [0.29, 0.717) is 0 Å². The number of nitrogens with zero attached hydrogens (tertiary/aromatic N) is 3. The largest absolute Gasteiger partial charge is 0.390 e. The predicted octanol–water partition coefficient (Wildman–Crippen LogP) is -1.41. The van der Waals surface area contributed by atoms with E-state index in [0.717, 1.165) is 10.9 Å². The Balaban J connectivity index is 2.22. The first-order valence-electron chi connectivity index (χ1n) is 6.31. The minimum atomic E-state index is -3.23. The second kappa shape index (κ2) is 4.72. The summed E-state index contributed by atoms with van der Waals surface area (Å²) in [5.41, 5.74) is 1.57. The van der Waals surface area contributed by atoms with Crippen LogP contribution in [0.4, 0.5) is 14.7 Å². The molecule has 4 atom stereocenters. The summed E-state index contributed by atoms with van der Waals surface area (Å²) in [5, 5.41) is 19.3. The number of imidazole rings is 1. The molecule has 3 rings (SSSR count). The van der Waals surface area contributed by atoms with E-state index >= 15 is 0 Å². The van der Waals surface area contributed by atoms with Gasteiger partial charge in [0, 0.05) is 0 Å². The van der Waals surface area contributed by atoms with E-state index in [1.54, 1.807) is 5.92 Å². The summed E-state index contributed by atoms with van der Waals surface area (Å²) < 4.78 is 34.2. The molecule has 1 aliphatic rings. The molecule has 1 saturated heterocycles. The third kappa shape index (κ3) is 1.93. The topological polar surface area (TPSA) is 139 Å². The van der Waals surface area contributed by atoms with Crippen LogP contribution in [0.15, 0.2) is 11.1 Å². The van der Waals surface area contributed by atoms with Gasteiger partial charge in [-0.2, -0.15) is 4.98 Å². The molecule has 5 N–H and O–H groups in total. The van der Waals surface area contributed by atoms with Crippen LogP contribution in [0.25, 0.3) is 11.2 Å². The van der Waals surface area contributed by atoms with E-state index in [2.05, 4.69) is 15.0 Å². The molecule has 0 amide bonds. The van der Waals surface area contributed by atoms with Gasteiger partial charge in [0.05, 0.1) is 6.33 Å². The van der Waals surface area contributed by atoms with Gasteiger partial charge in [0.25, 0.3) is 11.4 Å². The van der Waals surface area contributed by atoms with E-state index in [4.69, 9.17) is 22.0 Å². The predicted molar refractivity (Wildman–Crippen MR) is 72.3 cm³/mol. The molecule has 0 aliphatic carbocycles. The van der Waals surface area contributed by atoms with Gasteiger partial charge in [-0.3, -0.25) is 14.3 Å². The first-order chi connectivity index (χ1) is 10.8. The van der Waals surface area contributed by atoms with Gasteiger partial charge in [-0.25, -0.2) is 13.8 Å². The van der Waals surface area contributed by atoms with E-state index in [9.17, 15) is 18.7 Å². The van der Waals surface area contributed by atoms with Gasteiger partial charge in [0.15, 0.2) is 17.4 Å². The number of aromatic amines is 1. The third-order valence-corrected chi connectivity index (χ3v) is 3.60. The fourth-order valence-corrected chi connectivity index (χ4v) is 2.43. The highest BCUT2D eigenvalue weighted by Crippen LogP contribution is 2.47. The number of aromatic nitrogens is 4. The summed E-state index contributed by atoms with van der Waals surface area (Å²) in [4.78, 5) is 21.4. The van der Waals surface area contributed by atoms with Crippen molar-refractivity contribution in [1.82, 2.24) is 19.5 Å². The maximum atomic E-state index is 14.3. The van der Waals surface area contributed by atoms with Crippen molar-refractivity contribution in [3.05, 3.63) is 16.7 Å². The lowest BCUT2D eigenvalue weighted by atomic mass is 9.95. The number of alkyl halides is 2. The highest BCUT2D eigenvalue weighted by atomic mass is 19.2. The number of hydrogen-bond donors (Lipinski definition) is 4. The van der Waals surface area contributed by atoms with Crippen molar-refractivity contribution in [2.45, 2.75) is 23.9 Å². The smallest absolute Gasteiger partial charge is 0.280 e. The quantitative estimate of drug-likeness (QED) is 0.497. The van der Waals surface area contributed by atoms with Gasteiger partial charge in [-0.15, -0.1) is 6.42 Å². The molecule has 2 aromatic heterocycles. The van der Waals surface area contributed by atoms with Crippen molar-refractivity contribution in [3.63, 3.8) is 0 Å². The van der Waals surface area contributed by atoms with E-state index in [1.165, 1.54) is 0 Å².